The van der Waals surface area contributed by atoms with Gasteiger partial charge in [-0.25, -0.2) is 8.96 Å². The lowest BCUT2D eigenvalue weighted by Crippen LogP contribution is -2.52. The minimum absolute atomic E-state index is 0.138. The molecular weight excluding hydrogens is 481 g/mol. The van der Waals surface area contributed by atoms with Crippen LogP contribution in [0.5, 0.6) is 0 Å². The number of hydrogen-bond donors (Lipinski definition) is 0. The highest BCUT2D eigenvalue weighted by Gasteiger charge is 2.44. The zero-order chi connectivity index (χ0) is 26.2. The lowest BCUT2D eigenvalue weighted by atomic mass is 9.91. The molecule has 0 aliphatic carbocycles. The van der Waals surface area contributed by atoms with Crippen molar-refractivity contribution in [3.8, 4) is 33.5 Å². The SMILES string of the molecule is Cc1ccc2c(c1-c1cccc[n+]1C)[Si](C)(C)c1c-2ccc(F)c1-c1cc2ccccc2c2ccccc12. The molecular formula is C35H29FNSi+. The Bertz CT molecular complexity index is 1940. The van der Waals surface area contributed by atoms with Gasteiger partial charge < -0.3 is 0 Å². The average molecular weight is 511 g/mol. The van der Waals surface area contributed by atoms with Gasteiger partial charge >= 0.3 is 0 Å². The smallest absolute Gasteiger partial charge is 0.206 e. The summed E-state index contributed by atoms with van der Waals surface area (Å²) in [6, 6.07) is 33.7. The zero-order valence-corrected chi connectivity index (χ0v) is 23.1. The summed E-state index contributed by atoms with van der Waals surface area (Å²) in [5.41, 5.74) is 7.97. The second kappa shape index (κ2) is 8.21. The number of nitrogens with zero attached hydrogens (tertiary/aromatic N) is 1. The molecule has 2 heterocycles. The van der Waals surface area contributed by atoms with Crippen LogP contribution in [0.2, 0.25) is 13.1 Å². The molecule has 7 rings (SSSR count). The van der Waals surface area contributed by atoms with Crippen molar-refractivity contribution in [3.05, 3.63) is 115 Å². The normalized spacial score (nSPS) is 13.6. The van der Waals surface area contributed by atoms with E-state index in [4.69, 9.17) is 0 Å². The van der Waals surface area contributed by atoms with Crippen LogP contribution >= 0.6 is 0 Å². The lowest BCUT2D eigenvalue weighted by molar-refractivity contribution is -0.660. The van der Waals surface area contributed by atoms with Gasteiger partial charge in [0.25, 0.3) is 0 Å². The summed E-state index contributed by atoms with van der Waals surface area (Å²) in [4.78, 5) is 0. The van der Waals surface area contributed by atoms with Crippen LogP contribution in [0.15, 0.2) is 103 Å². The van der Waals surface area contributed by atoms with E-state index in [1.165, 1.54) is 49.1 Å². The molecule has 0 saturated carbocycles. The van der Waals surface area contributed by atoms with Gasteiger partial charge in [0.15, 0.2) is 6.20 Å². The van der Waals surface area contributed by atoms with Gasteiger partial charge in [-0.15, -0.1) is 0 Å². The van der Waals surface area contributed by atoms with Crippen molar-refractivity contribution in [2.75, 3.05) is 0 Å². The fourth-order valence-corrected chi connectivity index (χ4v) is 10.7. The number of aryl methyl sites for hydroxylation is 2. The molecule has 6 aromatic rings. The average Bonchev–Trinajstić information content (AvgIpc) is 3.15. The van der Waals surface area contributed by atoms with Crippen molar-refractivity contribution < 1.29 is 8.96 Å². The minimum atomic E-state index is -2.33. The predicted molar refractivity (Wildman–Crippen MR) is 160 cm³/mol. The summed E-state index contributed by atoms with van der Waals surface area (Å²) in [5, 5.41) is 7.23. The van der Waals surface area contributed by atoms with E-state index in [1.807, 2.05) is 6.07 Å². The number of pyridine rings is 1. The van der Waals surface area contributed by atoms with Crippen LogP contribution in [-0.2, 0) is 7.05 Å². The maximum absolute atomic E-state index is 16.2. The monoisotopic (exact) mass is 510 g/mol. The van der Waals surface area contributed by atoms with Gasteiger partial charge in [-0.3, -0.25) is 0 Å². The van der Waals surface area contributed by atoms with Gasteiger partial charge in [-0.2, -0.15) is 0 Å². The molecule has 5 aromatic carbocycles. The van der Waals surface area contributed by atoms with Gasteiger partial charge in [0, 0.05) is 23.3 Å². The number of fused-ring (bicyclic) bond motifs is 6. The summed E-state index contributed by atoms with van der Waals surface area (Å²) in [6.45, 7) is 7.00. The van der Waals surface area contributed by atoms with E-state index in [-0.39, 0.29) is 5.82 Å². The molecule has 0 unspecified atom stereocenters. The number of aromatic nitrogens is 1. The molecule has 0 spiro atoms. The molecule has 0 saturated heterocycles. The van der Waals surface area contributed by atoms with Crippen LogP contribution in [0, 0.1) is 12.7 Å². The van der Waals surface area contributed by atoms with Crippen LogP contribution in [0.1, 0.15) is 5.56 Å². The quantitative estimate of drug-likeness (QED) is 0.130. The summed E-state index contributed by atoms with van der Waals surface area (Å²) in [7, 11) is -0.222. The first-order valence-corrected chi connectivity index (χ1v) is 16.2. The molecule has 184 valence electrons. The van der Waals surface area contributed by atoms with Gasteiger partial charge in [-0.05, 0) is 79.3 Å². The van der Waals surface area contributed by atoms with Crippen molar-refractivity contribution in [2.45, 2.75) is 20.0 Å². The van der Waals surface area contributed by atoms with Gasteiger partial charge in [0.2, 0.25) is 5.69 Å². The zero-order valence-electron chi connectivity index (χ0n) is 22.1. The summed E-state index contributed by atoms with van der Waals surface area (Å²) in [5.74, 6) is -0.138. The number of benzene rings is 5. The number of halogens is 1. The first-order chi connectivity index (χ1) is 18.4. The lowest BCUT2D eigenvalue weighted by Gasteiger charge is -2.25. The molecule has 1 nitrogen and oxygen atoms in total. The Morgan fingerprint density at radius 1 is 0.632 bits per heavy atom. The highest BCUT2D eigenvalue weighted by atomic mass is 28.3. The Morgan fingerprint density at radius 3 is 2.03 bits per heavy atom. The Kier molecular flexibility index (Phi) is 4.98. The van der Waals surface area contributed by atoms with Gasteiger partial charge in [0.05, 0.1) is 0 Å². The molecule has 1 aliphatic rings. The second-order valence-corrected chi connectivity index (χ2v) is 15.3. The Labute approximate surface area is 223 Å². The maximum atomic E-state index is 16.2. The van der Waals surface area contributed by atoms with Crippen LogP contribution in [-0.4, -0.2) is 8.07 Å². The van der Waals surface area contributed by atoms with Crippen LogP contribution in [0.3, 0.4) is 0 Å². The molecule has 3 heteroatoms. The van der Waals surface area contributed by atoms with E-state index in [0.717, 1.165) is 21.9 Å². The minimum Gasteiger partial charge on any atom is -0.206 e. The fourth-order valence-electron chi connectivity index (χ4n) is 6.79. The van der Waals surface area contributed by atoms with E-state index in [9.17, 15) is 0 Å². The molecule has 38 heavy (non-hydrogen) atoms. The van der Waals surface area contributed by atoms with Gasteiger partial charge in [-0.1, -0.05) is 79.8 Å². The van der Waals surface area contributed by atoms with E-state index in [1.54, 1.807) is 6.07 Å². The Hall–Kier alpha value is -4.08. The maximum Gasteiger partial charge on any atom is 0.212 e. The second-order valence-electron chi connectivity index (χ2n) is 11.0. The third-order valence-corrected chi connectivity index (χ3v) is 12.0. The number of hydrogen-bond acceptors (Lipinski definition) is 0. The van der Waals surface area contributed by atoms with E-state index < -0.39 is 8.07 Å². The molecule has 0 radical (unpaired) electrons. The molecule has 0 amide bonds. The van der Waals surface area contributed by atoms with Crippen molar-refractivity contribution in [1.82, 2.24) is 0 Å². The highest BCUT2D eigenvalue weighted by molar-refractivity contribution is 7.05. The van der Waals surface area contributed by atoms with Crippen molar-refractivity contribution in [3.63, 3.8) is 0 Å². The molecule has 1 aromatic heterocycles. The van der Waals surface area contributed by atoms with Crippen LogP contribution < -0.4 is 14.9 Å². The molecule has 0 N–H and O–H groups in total. The van der Waals surface area contributed by atoms with E-state index in [0.29, 0.717) is 0 Å². The Balaban J connectivity index is 1.59. The van der Waals surface area contributed by atoms with Crippen molar-refractivity contribution >= 4 is 40.0 Å². The molecule has 0 atom stereocenters. The van der Waals surface area contributed by atoms with Crippen molar-refractivity contribution in [2.24, 2.45) is 7.05 Å². The first kappa shape index (κ1) is 23.1. The molecule has 0 fully saturated rings. The highest BCUT2D eigenvalue weighted by Crippen LogP contribution is 2.41. The standard InChI is InChI=1S/C35H29FNSi/c1-22-16-17-27-28-18-19-30(36)33(29-21-23-11-5-6-12-24(23)25-13-7-8-14-26(25)29)35(28)38(3,4)34(27)32(22)31-15-9-10-20-37(31)2/h5-21H,1-4H3/q+1. The van der Waals surface area contributed by atoms with Gasteiger partial charge in [0.1, 0.15) is 20.9 Å². The third kappa shape index (κ3) is 3.12. The summed E-state index contributed by atoms with van der Waals surface area (Å²) in [6.07, 6.45) is 2.11. The fraction of sp³-hybridized carbons (Fsp3) is 0.114. The largest absolute Gasteiger partial charge is 0.212 e. The van der Waals surface area contributed by atoms with Crippen LogP contribution in [0.25, 0.3) is 55.1 Å². The third-order valence-electron chi connectivity index (χ3n) is 8.46. The van der Waals surface area contributed by atoms with E-state index >= 15 is 4.39 Å². The number of rotatable bonds is 2. The molecule has 1 aliphatic heterocycles. The molecule has 0 bridgehead atoms. The summed E-state index contributed by atoms with van der Waals surface area (Å²) >= 11 is 0. The van der Waals surface area contributed by atoms with Crippen molar-refractivity contribution in [1.29, 1.82) is 0 Å². The van der Waals surface area contributed by atoms with E-state index in [2.05, 4.69) is 123 Å². The predicted octanol–water partition coefficient (Wildman–Crippen LogP) is 7.40. The first-order valence-electron chi connectivity index (χ1n) is 13.2. The summed E-state index contributed by atoms with van der Waals surface area (Å²) < 4.78 is 18.4. The topological polar surface area (TPSA) is 3.88 Å². The Morgan fingerprint density at radius 2 is 1.26 bits per heavy atom. The van der Waals surface area contributed by atoms with Crippen LogP contribution in [0.4, 0.5) is 4.39 Å².